The average Bonchev–Trinajstić information content (AvgIpc) is 3.22. The molecule has 0 unspecified atom stereocenters. The first-order chi connectivity index (χ1) is 9.95. The summed E-state index contributed by atoms with van der Waals surface area (Å²) in [6.45, 7) is 0. The molecule has 1 aliphatic carbocycles. The van der Waals surface area contributed by atoms with Crippen molar-refractivity contribution in [2.45, 2.75) is 18.1 Å². The molecule has 3 rings (SSSR count). The first-order valence-electron chi connectivity index (χ1n) is 6.27. The number of nitrogens with one attached hydrogen (secondary N) is 1. The zero-order valence-corrected chi connectivity index (χ0v) is 12.3. The lowest BCUT2D eigenvalue weighted by Gasteiger charge is -2.08. The van der Waals surface area contributed by atoms with Gasteiger partial charge in [0.25, 0.3) is 0 Å². The number of aromatic nitrogens is 2. The second-order valence-electron chi connectivity index (χ2n) is 4.73. The lowest BCUT2D eigenvalue weighted by molar-refractivity contribution is 0.599. The molecule has 0 spiro atoms. The van der Waals surface area contributed by atoms with Crippen molar-refractivity contribution in [1.29, 1.82) is 0 Å². The first-order valence-corrected chi connectivity index (χ1v) is 8.19. The van der Waals surface area contributed by atoms with Gasteiger partial charge in [-0.1, -0.05) is 23.7 Å². The second-order valence-corrected chi connectivity index (χ2v) is 7.07. The Labute approximate surface area is 126 Å². The monoisotopic (exact) mass is 327 g/mol. The lowest BCUT2D eigenvalue weighted by atomic mass is 10.1. The number of rotatable bonds is 4. The summed E-state index contributed by atoms with van der Waals surface area (Å²) < 4.78 is 39.8. The lowest BCUT2D eigenvalue weighted by Crippen LogP contribution is -2.19. The van der Waals surface area contributed by atoms with Crippen LogP contribution in [0.2, 0.25) is 5.15 Å². The van der Waals surface area contributed by atoms with Crippen LogP contribution in [0.25, 0.3) is 11.3 Å². The van der Waals surface area contributed by atoms with Gasteiger partial charge in [-0.15, -0.1) is 0 Å². The van der Waals surface area contributed by atoms with Gasteiger partial charge in [0.05, 0.1) is 10.9 Å². The molecular weight excluding hydrogens is 317 g/mol. The van der Waals surface area contributed by atoms with E-state index in [0.717, 1.165) is 0 Å². The Morgan fingerprint density at radius 1 is 1.24 bits per heavy atom. The Bertz CT molecular complexity index is 794. The third-order valence-electron chi connectivity index (χ3n) is 3.04. The van der Waals surface area contributed by atoms with Crippen LogP contribution in [0.5, 0.6) is 0 Å². The summed E-state index contributed by atoms with van der Waals surface area (Å²) in [5, 5.41) is -0.367. The molecule has 21 heavy (non-hydrogen) atoms. The number of anilines is 1. The fourth-order valence-electron chi connectivity index (χ4n) is 1.86. The summed E-state index contributed by atoms with van der Waals surface area (Å²) in [5.41, 5.74) is 0.454. The summed E-state index contributed by atoms with van der Waals surface area (Å²) in [6.07, 6.45) is 1.24. The Morgan fingerprint density at radius 2 is 1.95 bits per heavy atom. The third kappa shape index (κ3) is 3.14. The molecule has 0 radical (unpaired) electrons. The van der Waals surface area contributed by atoms with Gasteiger partial charge in [0, 0.05) is 11.6 Å². The molecule has 1 fully saturated rings. The molecule has 1 aromatic heterocycles. The van der Waals surface area contributed by atoms with Gasteiger partial charge < -0.3 is 0 Å². The number of halogens is 2. The quantitative estimate of drug-likeness (QED) is 0.876. The van der Waals surface area contributed by atoms with E-state index in [0.29, 0.717) is 12.8 Å². The van der Waals surface area contributed by atoms with E-state index in [1.54, 1.807) is 12.1 Å². The van der Waals surface area contributed by atoms with E-state index >= 15 is 0 Å². The van der Waals surface area contributed by atoms with E-state index in [-0.39, 0.29) is 22.4 Å². The largest absolute Gasteiger partial charge is 0.251 e. The second kappa shape index (κ2) is 5.23. The third-order valence-corrected chi connectivity index (χ3v) is 5.05. The van der Waals surface area contributed by atoms with Crippen LogP contribution < -0.4 is 4.72 Å². The van der Waals surface area contributed by atoms with Crippen LogP contribution in [0.15, 0.2) is 30.3 Å². The van der Waals surface area contributed by atoms with Crippen molar-refractivity contribution in [3.8, 4) is 11.3 Å². The Balaban J connectivity index is 1.99. The maximum absolute atomic E-state index is 13.8. The predicted octanol–water partition coefficient (Wildman–Crippen LogP) is 2.84. The molecule has 110 valence electrons. The van der Waals surface area contributed by atoms with E-state index in [1.807, 2.05) is 0 Å². The average molecular weight is 328 g/mol. The molecule has 1 saturated carbocycles. The maximum Gasteiger partial charge on any atom is 0.238 e. The minimum absolute atomic E-state index is 0.0387. The SMILES string of the molecule is O=S(=O)(Nc1nc(Cl)cc(-c2ccccc2F)n1)C1CC1. The normalized spacial score (nSPS) is 15.0. The molecule has 0 amide bonds. The highest BCUT2D eigenvalue weighted by Gasteiger charge is 2.36. The van der Waals surface area contributed by atoms with Gasteiger partial charge in [0.2, 0.25) is 16.0 Å². The summed E-state index contributed by atoms with van der Waals surface area (Å²) >= 11 is 5.87. The summed E-state index contributed by atoms with van der Waals surface area (Å²) in [6, 6.07) is 7.42. The number of benzene rings is 1. The van der Waals surface area contributed by atoms with Crippen LogP contribution in [0.3, 0.4) is 0 Å². The van der Waals surface area contributed by atoms with Crippen LogP contribution in [-0.4, -0.2) is 23.6 Å². The zero-order chi connectivity index (χ0) is 15.0. The number of sulfonamides is 1. The van der Waals surface area contributed by atoms with Gasteiger partial charge in [0.15, 0.2) is 0 Å². The van der Waals surface area contributed by atoms with Gasteiger partial charge in [-0.3, -0.25) is 4.72 Å². The van der Waals surface area contributed by atoms with Crippen LogP contribution in [0.1, 0.15) is 12.8 Å². The van der Waals surface area contributed by atoms with E-state index in [2.05, 4.69) is 14.7 Å². The molecule has 1 N–H and O–H groups in total. The highest BCUT2D eigenvalue weighted by atomic mass is 35.5. The molecule has 2 aromatic rings. The minimum Gasteiger partial charge on any atom is -0.251 e. The van der Waals surface area contributed by atoms with Crippen LogP contribution in [0.4, 0.5) is 10.3 Å². The molecule has 1 heterocycles. The van der Waals surface area contributed by atoms with Crippen molar-refractivity contribution in [3.05, 3.63) is 41.3 Å². The van der Waals surface area contributed by atoms with Gasteiger partial charge in [-0.2, -0.15) is 0 Å². The molecule has 1 aromatic carbocycles. The van der Waals surface area contributed by atoms with Gasteiger partial charge in [0.1, 0.15) is 11.0 Å². The van der Waals surface area contributed by atoms with Crippen LogP contribution in [0, 0.1) is 5.82 Å². The zero-order valence-electron chi connectivity index (χ0n) is 10.8. The molecular formula is C13H11ClFN3O2S. The number of hydrogen-bond acceptors (Lipinski definition) is 4. The van der Waals surface area contributed by atoms with Crippen molar-refractivity contribution in [3.63, 3.8) is 0 Å². The van der Waals surface area contributed by atoms with Crippen molar-refractivity contribution in [2.75, 3.05) is 4.72 Å². The smallest absolute Gasteiger partial charge is 0.238 e. The van der Waals surface area contributed by atoms with Crippen LogP contribution in [-0.2, 0) is 10.0 Å². The van der Waals surface area contributed by atoms with Crippen molar-refractivity contribution in [1.82, 2.24) is 9.97 Å². The minimum atomic E-state index is -3.49. The molecule has 0 saturated heterocycles. The molecule has 5 nitrogen and oxygen atoms in total. The molecule has 8 heteroatoms. The number of hydrogen-bond donors (Lipinski definition) is 1. The molecule has 1 aliphatic rings. The maximum atomic E-state index is 13.8. The van der Waals surface area contributed by atoms with E-state index < -0.39 is 21.1 Å². The highest BCUT2D eigenvalue weighted by Crippen LogP contribution is 2.30. The first kappa shape index (κ1) is 14.2. The van der Waals surface area contributed by atoms with E-state index in [9.17, 15) is 12.8 Å². The van der Waals surface area contributed by atoms with Crippen molar-refractivity contribution >= 4 is 27.6 Å². The Hall–Kier alpha value is -1.73. The fourth-order valence-corrected chi connectivity index (χ4v) is 3.31. The fraction of sp³-hybridized carbons (Fsp3) is 0.231. The molecule has 0 atom stereocenters. The summed E-state index contributed by atoms with van der Waals surface area (Å²) in [4.78, 5) is 7.86. The van der Waals surface area contributed by atoms with Crippen LogP contribution >= 0.6 is 11.6 Å². The Kier molecular flexibility index (Phi) is 3.54. The van der Waals surface area contributed by atoms with Gasteiger partial charge in [-0.25, -0.2) is 22.8 Å². The Morgan fingerprint density at radius 3 is 2.62 bits per heavy atom. The predicted molar refractivity (Wildman–Crippen MR) is 78.0 cm³/mol. The van der Waals surface area contributed by atoms with Gasteiger partial charge >= 0.3 is 0 Å². The topological polar surface area (TPSA) is 72.0 Å². The molecule has 0 bridgehead atoms. The highest BCUT2D eigenvalue weighted by molar-refractivity contribution is 7.93. The summed E-state index contributed by atoms with van der Waals surface area (Å²) in [7, 11) is -3.49. The number of nitrogens with zero attached hydrogens (tertiary/aromatic N) is 2. The van der Waals surface area contributed by atoms with Gasteiger partial charge in [-0.05, 0) is 25.0 Å². The standard InChI is InChI=1S/C13H11ClFN3O2S/c14-12-7-11(9-3-1-2-4-10(9)15)16-13(17-12)18-21(19,20)8-5-6-8/h1-4,7-8H,5-6H2,(H,16,17,18). The van der Waals surface area contributed by atoms with E-state index in [1.165, 1.54) is 18.2 Å². The summed E-state index contributed by atoms with van der Waals surface area (Å²) in [5.74, 6) is -0.615. The van der Waals surface area contributed by atoms with Crippen molar-refractivity contribution in [2.24, 2.45) is 0 Å². The molecule has 0 aliphatic heterocycles. The van der Waals surface area contributed by atoms with E-state index in [4.69, 9.17) is 11.6 Å². The van der Waals surface area contributed by atoms with Crippen molar-refractivity contribution < 1.29 is 12.8 Å².